The Morgan fingerprint density at radius 2 is 1.57 bits per heavy atom. The second-order valence-electron chi connectivity index (χ2n) is 6.09. The van der Waals surface area contributed by atoms with Gasteiger partial charge in [-0.2, -0.15) is 13.2 Å². The number of amides is 2. The molecule has 0 aliphatic carbocycles. The van der Waals surface area contributed by atoms with Gasteiger partial charge >= 0.3 is 6.18 Å². The van der Waals surface area contributed by atoms with Crippen molar-refractivity contribution in [3.8, 4) is 0 Å². The Labute approximate surface area is 159 Å². The van der Waals surface area contributed by atoms with Gasteiger partial charge in [0, 0.05) is 11.9 Å². The molecule has 2 aromatic heterocycles. The van der Waals surface area contributed by atoms with E-state index in [-0.39, 0.29) is 12.2 Å². The van der Waals surface area contributed by atoms with E-state index in [0.29, 0.717) is 22.5 Å². The fourth-order valence-electron chi connectivity index (χ4n) is 3.09. The highest BCUT2D eigenvalue weighted by molar-refractivity contribution is 6.21. The largest absolute Gasteiger partial charge is 0.416 e. The summed E-state index contributed by atoms with van der Waals surface area (Å²) in [6.07, 6.45) is -2.94. The van der Waals surface area contributed by atoms with Gasteiger partial charge in [0.1, 0.15) is 5.65 Å². The molecule has 0 unspecified atom stereocenters. The van der Waals surface area contributed by atoms with Crippen molar-refractivity contribution in [3.63, 3.8) is 0 Å². The van der Waals surface area contributed by atoms with Gasteiger partial charge in [-0.05, 0) is 31.2 Å². The smallest absolute Gasteiger partial charge is 0.304 e. The molecule has 2 amide bonds. The predicted octanol–water partition coefficient (Wildman–Crippen LogP) is 4.48. The molecule has 5 nitrogen and oxygen atoms in total. The number of fused-ring (bicyclic) bond motifs is 2. The van der Waals surface area contributed by atoms with Crippen molar-refractivity contribution in [1.82, 2.24) is 14.3 Å². The summed E-state index contributed by atoms with van der Waals surface area (Å²) in [5, 5.41) is 0. The van der Waals surface area contributed by atoms with Crippen molar-refractivity contribution in [2.75, 3.05) is 0 Å². The highest BCUT2D eigenvalue weighted by atomic mass is 19.4. The van der Waals surface area contributed by atoms with Gasteiger partial charge in [0.15, 0.2) is 0 Å². The first-order valence-electron chi connectivity index (χ1n) is 8.77. The average Bonchev–Trinajstić information content (AvgIpc) is 3.18. The van der Waals surface area contributed by atoms with Crippen LogP contribution in [0.2, 0.25) is 0 Å². The molecule has 1 aliphatic rings. The molecule has 146 valence electrons. The molecule has 0 spiro atoms. The zero-order valence-corrected chi connectivity index (χ0v) is 15.5. The number of aromatic nitrogens is 2. The molecule has 3 heterocycles. The topological polar surface area (TPSA) is 54.7 Å². The number of carbonyl (C=O) groups excluding carboxylic acids is 2. The number of halogens is 3. The van der Waals surface area contributed by atoms with E-state index in [9.17, 15) is 22.8 Å². The fourth-order valence-corrected chi connectivity index (χ4v) is 3.09. The molecular formula is C20H18F3N3O2. The van der Waals surface area contributed by atoms with Crippen LogP contribution in [0.5, 0.6) is 0 Å². The van der Waals surface area contributed by atoms with Crippen LogP contribution in [-0.2, 0) is 12.7 Å². The number of imide groups is 1. The maximum atomic E-state index is 12.9. The van der Waals surface area contributed by atoms with Gasteiger partial charge in [0.05, 0.1) is 28.9 Å². The fraction of sp³-hybridized carbons (Fsp3) is 0.250. The van der Waals surface area contributed by atoms with Crippen LogP contribution in [0.3, 0.4) is 0 Å². The maximum Gasteiger partial charge on any atom is 0.416 e. The molecule has 0 atom stereocenters. The quantitative estimate of drug-likeness (QED) is 0.607. The molecule has 4 rings (SSSR count). The molecule has 0 fully saturated rings. The lowest BCUT2D eigenvalue weighted by Crippen LogP contribution is -2.29. The normalized spacial score (nSPS) is 13.6. The Morgan fingerprint density at radius 3 is 2.11 bits per heavy atom. The summed E-state index contributed by atoms with van der Waals surface area (Å²) in [5.41, 5.74) is 0.649. The van der Waals surface area contributed by atoms with Gasteiger partial charge in [0.25, 0.3) is 11.8 Å². The molecule has 0 radical (unpaired) electrons. The second kappa shape index (κ2) is 7.10. The van der Waals surface area contributed by atoms with E-state index in [4.69, 9.17) is 0 Å². The number of rotatable bonds is 2. The SMILES string of the molecule is CC.Cc1cc(C(F)(F)F)cc2nc(CN3C(=O)c4ccccc4C3=O)cn12. The van der Waals surface area contributed by atoms with E-state index in [1.807, 2.05) is 13.8 Å². The third-order valence-electron chi connectivity index (χ3n) is 4.34. The molecule has 0 saturated carbocycles. The molecular weight excluding hydrogens is 371 g/mol. The molecule has 1 aliphatic heterocycles. The first kappa shape index (κ1) is 19.6. The number of aryl methyl sites for hydroxylation is 1. The lowest BCUT2D eigenvalue weighted by molar-refractivity contribution is -0.137. The van der Waals surface area contributed by atoms with E-state index in [0.717, 1.165) is 17.0 Å². The van der Waals surface area contributed by atoms with Gasteiger partial charge in [-0.25, -0.2) is 4.98 Å². The van der Waals surface area contributed by atoms with Crippen LogP contribution in [0.4, 0.5) is 13.2 Å². The number of imidazole rings is 1. The Hall–Kier alpha value is -3.16. The van der Waals surface area contributed by atoms with Crippen molar-refractivity contribution >= 4 is 17.5 Å². The van der Waals surface area contributed by atoms with Crippen LogP contribution in [-0.4, -0.2) is 26.1 Å². The number of nitrogens with zero attached hydrogens (tertiary/aromatic N) is 3. The molecule has 28 heavy (non-hydrogen) atoms. The monoisotopic (exact) mass is 389 g/mol. The summed E-state index contributed by atoms with van der Waals surface area (Å²) in [4.78, 5) is 30.0. The van der Waals surface area contributed by atoms with Crippen LogP contribution in [0.15, 0.2) is 42.6 Å². The van der Waals surface area contributed by atoms with E-state index >= 15 is 0 Å². The van der Waals surface area contributed by atoms with Crippen molar-refractivity contribution in [2.24, 2.45) is 0 Å². The van der Waals surface area contributed by atoms with Crippen molar-refractivity contribution in [1.29, 1.82) is 0 Å². The Kier molecular flexibility index (Phi) is 4.97. The molecule has 0 N–H and O–H groups in total. The van der Waals surface area contributed by atoms with Crippen LogP contribution >= 0.6 is 0 Å². The van der Waals surface area contributed by atoms with E-state index in [1.165, 1.54) is 17.5 Å². The summed E-state index contributed by atoms with van der Waals surface area (Å²) in [5.74, 6) is -0.870. The van der Waals surface area contributed by atoms with Gasteiger partial charge in [0.2, 0.25) is 0 Å². The van der Waals surface area contributed by atoms with Crippen molar-refractivity contribution < 1.29 is 22.8 Å². The Balaban J connectivity index is 0.00000109. The molecule has 0 saturated heterocycles. The molecule has 0 bridgehead atoms. The number of pyridine rings is 1. The molecule has 8 heteroatoms. The van der Waals surface area contributed by atoms with Gasteiger partial charge in [-0.15, -0.1) is 0 Å². The van der Waals surface area contributed by atoms with Gasteiger partial charge in [-0.1, -0.05) is 26.0 Å². The minimum absolute atomic E-state index is 0.102. The summed E-state index contributed by atoms with van der Waals surface area (Å²) in [6.45, 7) is 5.44. The van der Waals surface area contributed by atoms with E-state index in [1.54, 1.807) is 24.3 Å². The number of alkyl halides is 3. The van der Waals surface area contributed by atoms with E-state index in [2.05, 4.69) is 4.98 Å². The maximum absolute atomic E-state index is 12.9. The highest BCUT2D eigenvalue weighted by Gasteiger charge is 2.36. The lowest BCUT2D eigenvalue weighted by atomic mass is 10.1. The standard InChI is InChI=1S/C18H12F3N3O2.C2H6/c1-10-6-11(18(19,20)21)7-15-22-12(8-23(10)15)9-24-16(25)13-4-2-3-5-14(13)17(24)26;1-2/h2-8H,9H2,1H3;1-2H3. The van der Waals surface area contributed by atoms with Crippen molar-refractivity contribution in [2.45, 2.75) is 33.5 Å². The average molecular weight is 389 g/mol. The minimum atomic E-state index is -4.47. The zero-order chi connectivity index (χ0) is 20.6. The summed E-state index contributed by atoms with van der Waals surface area (Å²) >= 11 is 0. The number of carbonyl (C=O) groups is 2. The summed E-state index contributed by atoms with van der Waals surface area (Å²) in [7, 11) is 0. The number of hydrogen-bond donors (Lipinski definition) is 0. The van der Waals surface area contributed by atoms with Crippen LogP contribution < -0.4 is 0 Å². The highest BCUT2D eigenvalue weighted by Crippen LogP contribution is 2.31. The third-order valence-corrected chi connectivity index (χ3v) is 4.34. The molecule has 3 aromatic rings. The van der Waals surface area contributed by atoms with Crippen molar-refractivity contribution in [3.05, 3.63) is 70.7 Å². The lowest BCUT2D eigenvalue weighted by Gasteiger charge is -2.11. The summed E-state index contributed by atoms with van der Waals surface area (Å²) < 4.78 is 40.4. The van der Waals surface area contributed by atoms with Gasteiger partial charge < -0.3 is 4.40 Å². The van der Waals surface area contributed by atoms with Crippen LogP contribution in [0.1, 0.15) is 51.5 Å². The number of hydrogen-bond acceptors (Lipinski definition) is 3. The van der Waals surface area contributed by atoms with E-state index < -0.39 is 23.6 Å². The van der Waals surface area contributed by atoms with Crippen LogP contribution in [0.25, 0.3) is 5.65 Å². The second-order valence-corrected chi connectivity index (χ2v) is 6.09. The van der Waals surface area contributed by atoms with Gasteiger partial charge in [-0.3, -0.25) is 14.5 Å². The van der Waals surface area contributed by atoms with Crippen LogP contribution in [0, 0.1) is 6.92 Å². The predicted molar refractivity (Wildman–Crippen MR) is 96.9 cm³/mol. The zero-order valence-electron chi connectivity index (χ0n) is 15.5. The number of benzene rings is 1. The summed E-state index contributed by atoms with van der Waals surface area (Å²) in [6, 6.07) is 8.44. The first-order chi connectivity index (χ1) is 13.3. The Morgan fingerprint density at radius 1 is 1.00 bits per heavy atom. The Bertz CT molecular complexity index is 1040. The third kappa shape index (κ3) is 3.26. The minimum Gasteiger partial charge on any atom is -0.304 e. The molecule has 1 aromatic carbocycles. The first-order valence-corrected chi connectivity index (χ1v) is 8.77.